The Labute approximate surface area is 187 Å². The Morgan fingerprint density at radius 3 is 2.44 bits per heavy atom. The SMILES string of the molecule is O=C1CCC2(CC3CCC(C2)N3CCC(OCc2cccc(F)c2)c2cccc(F)c2)O1. The first-order valence-electron chi connectivity index (χ1n) is 11.6. The zero-order chi connectivity index (χ0) is 22.1. The average Bonchev–Trinajstić information content (AvgIpc) is 3.24. The van der Waals surface area contributed by atoms with E-state index in [1.54, 1.807) is 12.1 Å². The van der Waals surface area contributed by atoms with Gasteiger partial charge in [0.25, 0.3) is 0 Å². The maximum Gasteiger partial charge on any atom is 0.306 e. The van der Waals surface area contributed by atoms with Crippen molar-refractivity contribution in [2.75, 3.05) is 6.54 Å². The number of piperidine rings is 1. The summed E-state index contributed by atoms with van der Waals surface area (Å²) in [6, 6.07) is 13.7. The Morgan fingerprint density at radius 2 is 1.78 bits per heavy atom. The molecule has 0 aromatic heterocycles. The number of hydrogen-bond acceptors (Lipinski definition) is 4. The Bertz CT molecular complexity index is 967. The van der Waals surface area contributed by atoms with E-state index >= 15 is 0 Å². The van der Waals surface area contributed by atoms with Crippen molar-refractivity contribution in [3.63, 3.8) is 0 Å². The van der Waals surface area contributed by atoms with Gasteiger partial charge in [-0.1, -0.05) is 24.3 Å². The van der Waals surface area contributed by atoms with E-state index < -0.39 is 0 Å². The average molecular weight is 442 g/mol. The van der Waals surface area contributed by atoms with Gasteiger partial charge in [0.2, 0.25) is 0 Å². The molecule has 0 saturated carbocycles. The number of carbonyl (C=O) groups is 1. The number of esters is 1. The van der Waals surface area contributed by atoms with Crippen LogP contribution in [0.5, 0.6) is 0 Å². The molecule has 0 N–H and O–H groups in total. The van der Waals surface area contributed by atoms with Gasteiger partial charge < -0.3 is 9.47 Å². The molecule has 32 heavy (non-hydrogen) atoms. The van der Waals surface area contributed by atoms with Crippen LogP contribution in [0.4, 0.5) is 8.78 Å². The summed E-state index contributed by atoms with van der Waals surface area (Å²) in [5.41, 5.74) is 1.30. The third-order valence-electron chi connectivity index (χ3n) is 7.31. The molecule has 2 aromatic carbocycles. The van der Waals surface area contributed by atoms with Gasteiger partial charge in [0.15, 0.2) is 0 Å². The van der Waals surface area contributed by atoms with E-state index in [1.165, 1.54) is 24.3 Å². The van der Waals surface area contributed by atoms with Crippen LogP contribution in [-0.4, -0.2) is 35.1 Å². The molecular formula is C26H29F2NO3. The van der Waals surface area contributed by atoms with Crippen LogP contribution in [0.2, 0.25) is 0 Å². The van der Waals surface area contributed by atoms with Crippen LogP contribution in [0, 0.1) is 11.6 Å². The van der Waals surface area contributed by atoms with Crippen molar-refractivity contribution >= 4 is 5.97 Å². The van der Waals surface area contributed by atoms with Crippen LogP contribution < -0.4 is 0 Å². The van der Waals surface area contributed by atoms with Crippen molar-refractivity contribution < 1.29 is 23.0 Å². The number of hydrogen-bond donors (Lipinski definition) is 0. The predicted octanol–water partition coefficient (Wildman–Crippen LogP) is 5.32. The zero-order valence-corrected chi connectivity index (χ0v) is 18.1. The quantitative estimate of drug-likeness (QED) is 0.546. The molecule has 3 heterocycles. The van der Waals surface area contributed by atoms with Gasteiger partial charge in [-0.2, -0.15) is 0 Å². The molecule has 3 unspecified atom stereocenters. The van der Waals surface area contributed by atoms with E-state index in [4.69, 9.17) is 9.47 Å². The van der Waals surface area contributed by atoms with Gasteiger partial charge in [0, 0.05) is 37.9 Å². The van der Waals surface area contributed by atoms with E-state index in [1.807, 2.05) is 12.1 Å². The summed E-state index contributed by atoms with van der Waals surface area (Å²) in [6.07, 6.45) is 5.88. The lowest BCUT2D eigenvalue weighted by atomic mass is 9.83. The highest BCUT2D eigenvalue weighted by Crippen LogP contribution is 2.47. The smallest absolute Gasteiger partial charge is 0.306 e. The minimum atomic E-state index is -0.292. The third-order valence-corrected chi connectivity index (χ3v) is 7.31. The Morgan fingerprint density at radius 1 is 1.06 bits per heavy atom. The van der Waals surface area contributed by atoms with Crippen molar-refractivity contribution in [1.29, 1.82) is 0 Å². The van der Waals surface area contributed by atoms with Crippen LogP contribution >= 0.6 is 0 Å². The summed E-state index contributed by atoms with van der Waals surface area (Å²) < 4.78 is 39.4. The lowest BCUT2D eigenvalue weighted by Gasteiger charge is -2.44. The van der Waals surface area contributed by atoms with Crippen LogP contribution in [0.3, 0.4) is 0 Å². The summed E-state index contributed by atoms with van der Waals surface area (Å²) in [6.45, 7) is 1.11. The number of ether oxygens (including phenoxy) is 2. The van der Waals surface area contributed by atoms with Crippen molar-refractivity contribution in [1.82, 2.24) is 4.90 Å². The zero-order valence-electron chi connectivity index (χ0n) is 18.1. The van der Waals surface area contributed by atoms with Crippen LogP contribution in [0.1, 0.15) is 62.2 Å². The fourth-order valence-corrected chi connectivity index (χ4v) is 5.86. The second-order valence-corrected chi connectivity index (χ2v) is 9.46. The Balaban J connectivity index is 1.26. The Kier molecular flexibility index (Phi) is 5.99. The molecule has 2 aromatic rings. The van der Waals surface area contributed by atoms with Gasteiger partial charge in [0.05, 0.1) is 12.7 Å². The molecule has 0 amide bonds. The molecular weight excluding hydrogens is 412 g/mol. The molecule has 3 aliphatic heterocycles. The second-order valence-electron chi connectivity index (χ2n) is 9.46. The second kappa shape index (κ2) is 8.91. The molecule has 3 fully saturated rings. The molecule has 2 bridgehead atoms. The molecule has 0 aliphatic carbocycles. The monoisotopic (exact) mass is 441 g/mol. The van der Waals surface area contributed by atoms with Crippen LogP contribution in [0.25, 0.3) is 0 Å². The molecule has 1 spiro atoms. The largest absolute Gasteiger partial charge is 0.459 e. The van der Waals surface area contributed by atoms with Gasteiger partial charge >= 0.3 is 5.97 Å². The van der Waals surface area contributed by atoms with Crippen LogP contribution in [-0.2, 0) is 20.9 Å². The fraction of sp³-hybridized carbons (Fsp3) is 0.500. The summed E-state index contributed by atoms with van der Waals surface area (Å²) >= 11 is 0. The third kappa shape index (κ3) is 4.57. The number of benzene rings is 2. The van der Waals surface area contributed by atoms with E-state index in [9.17, 15) is 13.6 Å². The molecule has 0 radical (unpaired) electrons. The Hall–Kier alpha value is -2.31. The van der Waals surface area contributed by atoms with Gasteiger partial charge in [-0.3, -0.25) is 9.69 Å². The summed E-state index contributed by atoms with van der Waals surface area (Å²) in [4.78, 5) is 14.3. The summed E-state index contributed by atoms with van der Waals surface area (Å²) in [7, 11) is 0. The molecule has 3 atom stereocenters. The van der Waals surface area contributed by atoms with E-state index in [0.717, 1.165) is 56.2 Å². The highest BCUT2D eigenvalue weighted by molar-refractivity contribution is 5.72. The van der Waals surface area contributed by atoms with E-state index in [2.05, 4.69) is 4.90 Å². The molecule has 4 nitrogen and oxygen atoms in total. The maximum absolute atomic E-state index is 13.9. The lowest BCUT2D eigenvalue weighted by Crippen LogP contribution is -2.51. The first-order valence-corrected chi connectivity index (χ1v) is 11.6. The number of nitrogens with zero attached hydrogens (tertiary/aromatic N) is 1. The van der Waals surface area contributed by atoms with Crippen LogP contribution in [0.15, 0.2) is 48.5 Å². The number of carbonyl (C=O) groups excluding carboxylic acids is 1. The van der Waals surface area contributed by atoms with Gasteiger partial charge in [0.1, 0.15) is 17.2 Å². The standard InChI is InChI=1S/C26H29F2NO3/c27-20-5-1-3-18(13-20)17-31-24(19-4-2-6-21(28)14-19)10-12-29-22-7-8-23(29)16-26(15-22)11-9-25(30)32-26/h1-6,13-14,22-24H,7-12,15-17H2. The highest BCUT2D eigenvalue weighted by atomic mass is 19.1. The summed E-state index contributed by atoms with van der Waals surface area (Å²) in [5.74, 6) is -0.639. The van der Waals surface area contributed by atoms with E-state index in [-0.39, 0.29) is 35.9 Å². The first kappa shape index (κ1) is 21.5. The van der Waals surface area contributed by atoms with Crippen molar-refractivity contribution in [3.8, 4) is 0 Å². The normalized spacial score (nSPS) is 28.2. The fourth-order valence-electron chi connectivity index (χ4n) is 5.86. The van der Waals surface area contributed by atoms with Gasteiger partial charge in [-0.25, -0.2) is 8.78 Å². The predicted molar refractivity (Wildman–Crippen MR) is 116 cm³/mol. The lowest BCUT2D eigenvalue weighted by molar-refractivity contribution is -0.154. The molecule has 3 aliphatic rings. The van der Waals surface area contributed by atoms with Crippen molar-refractivity contribution in [3.05, 3.63) is 71.3 Å². The summed E-state index contributed by atoms with van der Waals surface area (Å²) in [5, 5.41) is 0. The first-order chi connectivity index (χ1) is 15.5. The number of rotatable bonds is 7. The number of halogens is 2. The minimum absolute atomic E-state index is 0.0604. The van der Waals surface area contributed by atoms with Gasteiger partial charge in [-0.05, 0) is 61.1 Å². The topological polar surface area (TPSA) is 38.8 Å². The van der Waals surface area contributed by atoms with Gasteiger partial charge in [-0.15, -0.1) is 0 Å². The maximum atomic E-state index is 13.9. The molecule has 170 valence electrons. The minimum Gasteiger partial charge on any atom is -0.459 e. The van der Waals surface area contributed by atoms with E-state index in [0.29, 0.717) is 18.5 Å². The van der Waals surface area contributed by atoms with Crippen molar-refractivity contribution in [2.45, 2.75) is 75.3 Å². The number of fused-ring (bicyclic) bond motifs is 2. The molecule has 5 rings (SSSR count). The highest BCUT2D eigenvalue weighted by Gasteiger charge is 2.52. The van der Waals surface area contributed by atoms with Crippen molar-refractivity contribution in [2.24, 2.45) is 0 Å². The molecule has 3 saturated heterocycles. The molecule has 6 heteroatoms.